The van der Waals surface area contributed by atoms with Gasteiger partial charge in [0.05, 0.1) is 7.11 Å². The van der Waals surface area contributed by atoms with Crippen LogP contribution in [0.5, 0.6) is 6.01 Å². The molecule has 1 aliphatic rings. The second-order valence-electron chi connectivity index (χ2n) is 4.37. The number of aromatic nitrogens is 3. The van der Waals surface area contributed by atoms with E-state index >= 15 is 0 Å². The topological polar surface area (TPSA) is 89.2 Å². The fourth-order valence-electron chi connectivity index (χ4n) is 1.79. The summed E-state index contributed by atoms with van der Waals surface area (Å²) < 4.78 is 5.07. The van der Waals surface area contributed by atoms with Crippen molar-refractivity contribution in [3.05, 3.63) is 0 Å². The first-order chi connectivity index (χ1) is 8.78. The fraction of sp³-hybridized carbons (Fsp3) is 0.727. The molecule has 2 rings (SSSR count). The summed E-state index contributed by atoms with van der Waals surface area (Å²) in [7, 11) is 1.53. The number of anilines is 2. The van der Waals surface area contributed by atoms with Crippen LogP contribution in [0.25, 0.3) is 0 Å². The molecule has 0 atom stereocenters. The molecule has 100 valence electrons. The molecular weight excluding hydrogens is 232 g/mol. The Labute approximate surface area is 107 Å². The molecule has 3 N–H and O–H groups in total. The van der Waals surface area contributed by atoms with E-state index in [4.69, 9.17) is 10.6 Å². The first-order valence-corrected chi connectivity index (χ1v) is 6.31. The van der Waals surface area contributed by atoms with Gasteiger partial charge in [-0.15, -0.1) is 0 Å². The zero-order valence-corrected chi connectivity index (χ0v) is 10.9. The number of unbranched alkanes of at least 4 members (excludes halogenated alkanes) is 1. The number of nitrogens with zero attached hydrogens (tertiary/aromatic N) is 4. The van der Waals surface area contributed by atoms with Crippen LogP contribution < -0.4 is 20.9 Å². The van der Waals surface area contributed by atoms with Gasteiger partial charge in [0.1, 0.15) is 0 Å². The van der Waals surface area contributed by atoms with Crippen molar-refractivity contribution in [3.63, 3.8) is 0 Å². The molecule has 1 saturated carbocycles. The first-order valence-electron chi connectivity index (χ1n) is 6.31. The van der Waals surface area contributed by atoms with Crippen LogP contribution in [0.4, 0.5) is 11.9 Å². The number of nitrogen functional groups attached to an aromatic ring is 1. The second kappa shape index (κ2) is 5.81. The van der Waals surface area contributed by atoms with E-state index in [1.807, 2.05) is 0 Å². The Kier molecular flexibility index (Phi) is 4.14. The predicted molar refractivity (Wildman–Crippen MR) is 69.5 cm³/mol. The summed E-state index contributed by atoms with van der Waals surface area (Å²) in [6.07, 6.45) is 4.66. The van der Waals surface area contributed by atoms with Crippen molar-refractivity contribution in [1.82, 2.24) is 15.0 Å². The van der Waals surface area contributed by atoms with E-state index in [1.165, 1.54) is 20.0 Å². The predicted octanol–water partition coefficient (Wildman–Crippen LogP) is 0.935. The van der Waals surface area contributed by atoms with Gasteiger partial charge in [-0.1, -0.05) is 13.3 Å². The number of rotatable bonds is 7. The maximum atomic E-state index is 5.36. The van der Waals surface area contributed by atoms with Crippen LogP contribution in [-0.4, -0.2) is 34.6 Å². The average Bonchev–Trinajstić information content (AvgIpc) is 3.23. The van der Waals surface area contributed by atoms with E-state index in [1.54, 1.807) is 0 Å². The van der Waals surface area contributed by atoms with Crippen LogP contribution >= 0.6 is 0 Å². The lowest BCUT2D eigenvalue weighted by molar-refractivity contribution is 0.378. The molecule has 0 aromatic carbocycles. The van der Waals surface area contributed by atoms with Gasteiger partial charge in [0.15, 0.2) is 0 Å². The van der Waals surface area contributed by atoms with Crippen molar-refractivity contribution in [2.75, 3.05) is 24.0 Å². The summed E-state index contributed by atoms with van der Waals surface area (Å²) in [5.41, 5.74) is 2.44. The molecule has 7 heteroatoms. The summed E-state index contributed by atoms with van der Waals surface area (Å²) in [6, 6.07) is 0.837. The van der Waals surface area contributed by atoms with Gasteiger partial charge in [-0.2, -0.15) is 15.0 Å². The maximum absolute atomic E-state index is 5.36. The molecule has 0 radical (unpaired) electrons. The zero-order chi connectivity index (χ0) is 13.0. The summed E-state index contributed by atoms with van der Waals surface area (Å²) in [5.74, 6) is 6.33. The molecule has 0 unspecified atom stereocenters. The highest BCUT2D eigenvalue weighted by Crippen LogP contribution is 2.30. The standard InChI is InChI=1S/C11H20N6O/c1-3-4-7-17(8-5-6-8)10-13-9(16-12)14-11(15-10)18-2/h8H,3-7,12H2,1-2H3,(H,13,14,15,16). The highest BCUT2D eigenvalue weighted by atomic mass is 16.5. The van der Waals surface area contributed by atoms with Crippen LogP contribution in [0.3, 0.4) is 0 Å². The van der Waals surface area contributed by atoms with E-state index in [0.29, 0.717) is 17.9 Å². The Morgan fingerprint density at radius 1 is 1.39 bits per heavy atom. The minimum atomic E-state index is 0.287. The molecule has 1 fully saturated rings. The second-order valence-corrected chi connectivity index (χ2v) is 4.37. The molecule has 1 aliphatic carbocycles. The number of hydrazine groups is 1. The van der Waals surface area contributed by atoms with Crippen LogP contribution in [-0.2, 0) is 0 Å². The SMILES string of the molecule is CCCCN(c1nc(NN)nc(OC)n1)C1CC1. The lowest BCUT2D eigenvalue weighted by Gasteiger charge is -2.22. The Morgan fingerprint density at radius 3 is 2.72 bits per heavy atom. The lowest BCUT2D eigenvalue weighted by Crippen LogP contribution is -2.29. The number of hydrogen-bond acceptors (Lipinski definition) is 7. The van der Waals surface area contributed by atoms with Crippen LogP contribution in [0.15, 0.2) is 0 Å². The van der Waals surface area contributed by atoms with Gasteiger partial charge in [-0.3, -0.25) is 5.43 Å². The molecule has 0 amide bonds. The minimum absolute atomic E-state index is 0.287. The quantitative estimate of drug-likeness (QED) is 0.551. The van der Waals surface area contributed by atoms with E-state index in [2.05, 4.69) is 32.2 Å². The zero-order valence-electron chi connectivity index (χ0n) is 10.9. The third-order valence-electron chi connectivity index (χ3n) is 2.91. The van der Waals surface area contributed by atoms with Crippen LogP contribution in [0.1, 0.15) is 32.6 Å². The molecule has 0 spiro atoms. The van der Waals surface area contributed by atoms with Crippen LogP contribution in [0.2, 0.25) is 0 Å². The van der Waals surface area contributed by atoms with Gasteiger partial charge < -0.3 is 9.64 Å². The monoisotopic (exact) mass is 252 g/mol. The van der Waals surface area contributed by atoms with Crippen molar-refractivity contribution in [2.24, 2.45) is 5.84 Å². The molecule has 18 heavy (non-hydrogen) atoms. The molecule has 1 aromatic heterocycles. The van der Waals surface area contributed by atoms with Crippen molar-refractivity contribution in [3.8, 4) is 6.01 Å². The van der Waals surface area contributed by atoms with Gasteiger partial charge in [0.25, 0.3) is 0 Å². The Balaban J connectivity index is 2.22. The highest BCUT2D eigenvalue weighted by Gasteiger charge is 2.31. The fourth-order valence-corrected chi connectivity index (χ4v) is 1.79. The van der Waals surface area contributed by atoms with Gasteiger partial charge in [-0.05, 0) is 19.3 Å². The summed E-state index contributed by atoms with van der Waals surface area (Å²) in [5, 5.41) is 0. The number of ether oxygens (including phenoxy) is 1. The Hall–Kier alpha value is -1.63. The van der Waals surface area contributed by atoms with Crippen molar-refractivity contribution < 1.29 is 4.74 Å². The summed E-state index contributed by atoms with van der Waals surface area (Å²) in [6.45, 7) is 3.13. The molecular formula is C11H20N6O. The van der Waals surface area contributed by atoms with Crippen molar-refractivity contribution in [1.29, 1.82) is 0 Å². The molecule has 1 heterocycles. The van der Waals surface area contributed by atoms with E-state index in [0.717, 1.165) is 19.4 Å². The number of nitrogens with two attached hydrogens (primary N) is 1. The van der Waals surface area contributed by atoms with Crippen LogP contribution in [0, 0.1) is 0 Å². The van der Waals surface area contributed by atoms with Gasteiger partial charge >= 0.3 is 6.01 Å². The molecule has 0 saturated heterocycles. The largest absolute Gasteiger partial charge is 0.467 e. The van der Waals surface area contributed by atoms with Gasteiger partial charge in [0.2, 0.25) is 11.9 Å². The minimum Gasteiger partial charge on any atom is -0.467 e. The maximum Gasteiger partial charge on any atom is 0.322 e. The number of methoxy groups -OCH3 is 1. The van der Waals surface area contributed by atoms with E-state index in [-0.39, 0.29) is 6.01 Å². The molecule has 1 aromatic rings. The van der Waals surface area contributed by atoms with Gasteiger partial charge in [-0.25, -0.2) is 5.84 Å². The summed E-state index contributed by atoms with van der Waals surface area (Å²) in [4.78, 5) is 14.8. The highest BCUT2D eigenvalue weighted by molar-refractivity contribution is 5.40. The van der Waals surface area contributed by atoms with Crippen molar-refractivity contribution >= 4 is 11.9 Å². The lowest BCUT2D eigenvalue weighted by atomic mass is 10.3. The third kappa shape index (κ3) is 2.98. The molecule has 0 bridgehead atoms. The average molecular weight is 252 g/mol. The third-order valence-corrected chi connectivity index (χ3v) is 2.91. The van der Waals surface area contributed by atoms with Gasteiger partial charge in [0, 0.05) is 12.6 Å². The first kappa shape index (κ1) is 12.8. The molecule has 7 nitrogen and oxygen atoms in total. The number of nitrogens with one attached hydrogen (secondary N) is 1. The summed E-state index contributed by atoms with van der Waals surface area (Å²) >= 11 is 0. The van der Waals surface area contributed by atoms with Crippen molar-refractivity contribution in [2.45, 2.75) is 38.6 Å². The smallest absolute Gasteiger partial charge is 0.322 e. The molecule has 0 aliphatic heterocycles. The van der Waals surface area contributed by atoms with E-state index < -0.39 is 0 Å². The normalized spacial score (nSPS) is 14.4. The number of hydrogen-bond donors (Lipinski definition) is 2. The Morgan fingerprint density at radius 2 is 2.17 bits per heavy atom. The Bertz CT molecular complexity index is 373. The van der Waals surface area contributed by atoms with E-state index in [9.17, 15) is 0 Å².